The Morgan fingerprint density at radius 1 is 1.04 bits per heavy atom. The Balaban J connectivity index is 1.45. The molecule has 1 saturated heterocycles. The maximum Gasteiger partial charge on any atom is 0.338 e. The first kappa shape index (κ1) is 31.7. The summed E-state index contributed by atoms with van der Waals surface area (Å²) in [6.45, 7) is 8.69. The van der Waals surface area contributed by atoms with E-state index in [1.165, 1.54) is 6.26 Å². The van der Waals surface area contributed by atoms with E-state index >= 15 is 0 Å². The predicted molar refractivity (Wildman–Crippen MR) is 160 cm³/mol. The summed E-state index contributed by atoms with van der Waals surface area (Å²) in [5.41, 5.74) is -4.32. The highest BCUT2D eigenvalue weighted by Gasteiger charge is 2.73. The van der Waals surface area contributed by atoms with Gasteiger partial charge in [0.15, 0.2) is 6.10 Å². The lowest BCUT2D eigenvalue weighted by atomic mass is 9.46. The average molecular weight is 623 g/mol. The maximum absolute atomic E-state index is 14.4. The van der Waals surface area contributed by atoms with Crippen LogP contribution in [0.4, 0.5) is 0 Å². The van der Waals surface area contributed by atoms with Crippen molar-refractivity contribution < 1.29 is 48.3 Å². The van der Waals surface area contributed by atoms with Crippen molar-refractivity contribution in [2.75, 3.05) is 6.61 Å². The zero-order valence-corrected chi connectivity index (χ0v) is 26.3. The van der Waals surface area contributed by atoms with Gasteiger partial charge in [0.05, 0.1) is 30.5 Å². The Kier molecular flexibility index (Phi) is 7.67. The second-order valence-electron chi connectivity index (χ2n) is 14.1. The fraction of sp³-hybridized carbons (Fsp3) is 0.571. The zero-order chi connectivity index (χ0) is 32.5. The number of hydrogen-bond acceptors (Lipinski definition) is 10. The molecule has 10 heteroatoms. The number of aliphatic hydroxyl groups excluding tert-OH is 1. The summed E-state index contributed by atoms with van der Waals surface area (Å²) in [5.74, 6) is -3.10. The van der Waals surface area contributed by atoms with Crippen LogP contribution in [0, 0.1) is 16.7 Å². The van der Waals surface area contributed by atoms with Crippen LogP contribution in [0.2, 0.25) is 0 Å². The number of hydrogen-bond donors (Lipinski definition) is 3. The van der Waals surface area contributed by atoms with E-state index < -0.39 is 70.2 Å². The van der Waals surface area contributed by atoms with E-state index in [1.54, 1.807) is 77.1 Å². The van der Waals surface area contributed by atoms with Crippen molar-refractivity contribution in [3.05, 3.63) is 71.2 Å². The number of ether oxygens (including phenoxy) is 3. The van der Waals surface area contributed by atoms with Crippen LogP contribution in [-0.2, 0) is 23.8 Å². The summed E-state index contributed by atoms with van der Waals surface area (Å²) in [5, 5.41) is 36.1. The lowest BCUT2D eigenvalue weighted by Gasteiger charge is -2.65. The highest BCUT2D eigenvalue weighted by atomic mass is 16.6. The van der Waals surface area contributed by atoms with Gasteiger partial charge < -0.3 is 33.9 Å². The van der Waals surface area contributed by atoms with Crippen LogP contribution < -0.4 is 0 Å². The molecule has 242 valence electrons. The number of carbonyl (C=O) groups excluding carboxylic acids is 3. The van der Waals surface area contributed by atoms with Gasteiger partial charge in [-0.25, -0.2) is 9.59 Å². The molecule has 1 aromatic carbocycles. The second-order valence-corrected chi connectivity index (χ2v) is 14.1. The van der Waals surface area contributed by atoms with Crippen LogP contribution in [0.25, 0.3) is 0 Å². The first-order valence-corrected chi connectivity index (χ1v) is 15.6. The van der Waals surface area contributed by atoms with E-state index in [0.29, 0.717) is 29.7 Å². The minimum Gasteiger partial charge on any atom is -0.469 e. The van der Waals surface area contributed by atoms with Gasteiger partial charge in [0, 0.05) is 29.6 Å². The third kappa shape index (κ3) is 4.71. The standard InChI is InChI=1S/C35H42O10/c1-19-22-16-25(36)33(5)14-13-26-34(40,18-43-26)28(33)29(45-30(38)21-10-7-6-8-11-21)35(41,32(22,3)4)17-24(19)44-31(39)27(37)20(2)23-12-9-15-42-23/h6-12,15,20,24,26-29,37,40-41H,13-14,16-18H2,1-5H3/t20?,24?,26?,27?,28?,29?,33-,34-,35?/m0/s1. The Hall–Kier alpha value is -3.31. The highest BCUT2D eigenvalue weighted by molar-refractivity contribution is 5.90. The topological polar surface area (TPSA) is 153 Å². The zero-order valence-electron chi connectivity index (χ0n) is 26.3. The monoisotopic (exact) mass is 622 g/mol. The number of benzene rings is 1. The van der Waals surface area contributed by atoms with Crippen molar-refractivity contribution in [2.24, 2.45) is 16.7 Å². The second kappa shape index (κ2) is 10.9. The van der Waals surface area contributed by atoms with Gasteiger partial charge in [0.2, 0.25) is 0 Å². The molecule has 2 aromatic rings. The van der Waals surface area contributed by atoms with Gasteiger partial charge in [0.25, 0.3) is 0 Å². The molecule has 3 fully saturated rings. The number of rotatable bonds is 6. The number of carbonyl (C=O) groups is 3. The first-order chi connectivity index (χ1) is 21.1. The first-order valence-electron chi connectivity index (χ1n) is 15.6. The summed E-state index contributed by atoms with van der Waals surface area (Å²) < 4.78 is 23.3. The number of ketones is 1. The minimum atomic E-state index is -1.91. The van der Waals surface area contributed by atoms with Crippen molar-refractivity contribution in [1.29, 1.82) is 0 Å². The smallest absolute Gasteiger partial charge is 0.338 e. The lowest BCUT2D eigenvalue weighted by Crippen LogP contribution is -2.77. The highest BCUT2D eigenvalue weighted by Crippen LogP contribution is 2.63. The fourth-order valence-electron chi connectivity index (χ4n) is 8.33. The van der Waals surface area contributed by atoms with Gasteiger partial charge >= 0.3 is 11.9 Å². The SMILES string of the molecule is CC1=C2CC(=O)[C@]3(C)CCC4OC[C@@]4(O)C3C(OC(=O)c3ccccc3)C(O)(CC1OC(=O)C(O)C(C)c1ccco1)C2(C)C. The van der Waals surface area contributed by atoms with Crippen molar-refractivity contribution in [2.45, 2.75) is 102 Å². The Morgan fingerprint density at radius 2 is 1.76 bits per heavy atom. The molecule has 1 aliphatic heterocycles. The number of fused-ring (bicyclic) bond motifs is 5. The van der Waals surface area contributed by atoms with E-state index in [4.69, 9.17) is 18.6 Å². The van der Waals surface area contributed by atoms with Gasteiger partial charge in [0.1, 0.15) is 35.0 Å². The molecule has 0 spiro atoms. The van der Waals surface area contributed by atoms with E-state index in [9.17, 15) is 29.7 Å². The van der Waals surface area contributed by atoms with Gasteiger partial charge in [-0.3, -0.25) is 4.79 Å². The van der Waals surface area contributed by atoms with E-state index in [0.717, 1.165) is 0 Å². The fourth-order valence-corrected chi connectivity index (χ4v) is 8.33. The van der Waals surface area contributed by atoms with Gasteiger partial charge in [-0.05, 0) is 49.6 Å². The number of esters is 2. The normalized spacial score (nSPS) is 36.8. The molecule has 4 aliphatic rings. The molecule has 45 heavy (non-hydrogen) atoms. The van der Waals surface area contributed by atoms with E-state index in [-0.39, 0.29) is 30.8 Å². The molecule has 2 saturated carbocycles. The van der Waals surface area contributed by atoms with Gasteiger partial charge in [-0.2, -0.15) is 0 Å². The van der Waals surface area contributed by atoms with E-state index in [2.05, 4.69) is 0 Å². The van der Waals surface area contributed by atoms with Crippen LogP contribution in [0.1, 0.15) is 82.3 Å². The van der Waals surface area contributed by atoms with Crippen LogP contribution in [0.3, 0.4) is 0 Å². The molecule has 2 bridgehead atoms. The maximum atomic E-state index is 14.4. The molecule has 9 atom stereocenters. The van der Waals surface area contributed by atoms with Crippen molar-refractivity contribution >= 4 is 17.7 Å². The molecule has 10 nitrogen and oxygen atoms in total. The van der Waals surface area contributed by atoms with Gasteiger partial charge in [-0.1, -0.05) is 51.5 Å². The van der Waals surface area contributed by atoms with Crippen LogP contribution in [0.5, 0.6) is 0 Å². The lowest BCUT2D eigenvalue weighted by molar-refractivity contribution is -0.328. The molecule has 6 rings (SSSR count). The van der Waals surface area contributed by atoms with Crippen LogP contribution in [-0.4, -0.2) is 75.3 Å². The molecule has 2 heterocycles. The Labute approximate surface area is 262 Å². The molecule has 7 unspecified atom stereocenters. The third-order valence-corrected chi connectivity index (χ3v) is 11.5. The molecular formula is C35H42O10. The molecule has 3 N–H and O–H groups in total. The molecular weight excluding hydrogens is 580 g/mol. The average Bonchev–Trinajstić information content (AvgIpc) is 3.55. The van der Waals surface area contributed by atoms with Gasteiger partial charge in [-0.15, -0.1) is 0 Å². The summed E-state index contributed by atoms with van der Waals surface area (Å²) in [6, 6.07) is 11.7. The Morgan fingerprint density at radius 3 is 2.38 bits per heavy atom. The number of aliphatic hydroxyl groups is 3. The molecule has 0 radical (unpaired) electrons. The number of furan rings is 1. The molecule has 3 aliphatic carbocycles. The Bertz CT molecular complexity index is 1510. The third-order valence-electron chi connectivity index (χ3n) is 11.5. The van der Waals surface area contributed by atoms with Crippen molar-refractivity contribution in [3.63, 3.8) is 0 Å². The molecule has 1 aromatic heterocycles. The van der Waals surface area contributed by atoms with Crippen LogP contribution >= 0.6 is 0 Å². The predicted octanol–water partition coefficient (Wildman–Crippen LogP) is 3.88. The summed E-state index contributed by atoms with van der Waals surface area (Å²) in [7, 11) is 0. The van der Waals surface area contributed by atoms with Crippen molar-refractivity contribution in [1.82, 2.24) is 0 Å². The van der Waals surface area contributed by atoms with E-state index in [1.807, 2.05) is 0 Å². The summed E-state index contributed by atoms with van der Waals surface area (Å²) in [4.78, 5) is 41.4. The molecule has 0 amide bonds. The van der Waals surface area contributed by atoms with Crippen molar-refractivity contribution in [3.8, 4) is 0 Å². The summed E-state index contributed by atoms with van der Waals surface area (Å²) in [6.07, 6.45) is -2.56. The largest absolute Gasteiger partial charge is 0.469 e. The van der Waals surface area contributed by atoms with Crippen LogP contribution in [0.15, 0.2) is 64.3 Å². The minimum absolute atomic E-state index is 0.0471. The number of Topliss-reactive ketones (excluding diaryl/α,β-unsaturated/α-hetero) is 1. The quantitative estimate of drug-likeness (QED) is 0.320. The summed E-state index contributed by atoms with van der Waals surface area (Å²) >= 11 is 0.